The fourth-order valence-corrected chi connectivity index (χ4v) is 0.600. The molecule has 40 valence electrons. The van der Waals surface area contributed by atoms with Crippen LogP contribution in [0.3, 0.4) is 0 Å². The Morgan fingerprint density at radius 3 is 1.56 bits per heavy atom. The molecule has 0 fully saturated rings. The third-order valence-corrected chi connectivity index (χ3v) is 1.05. The Labute approximate surface area is 105 Å². The Bertz CT molecular complexity index is 141. The van der Waals surface area contributed by atoms with Crippen molar-refractivity contribution in [2.24, 2.45) is 0 Å². The van der Waals surface area contributed by atoms with E-state index in [0.29, 0.717) is 0 Å². The zero-order valence-corrected chi connectivity index (χ0v) is 4.73. The first-order valence-corrected chi connectivity index (χ1v) is 2.58. The normalized spacial score (nSPS) is 6.78. The molecule has 0 spiro atoms. The van der Waals surface area contributed by atoms with Crippen LogP contribution in [0.1, 0.15) is 0 Å². The summed E-state index contributed by atoms with van der Waals surface area (Å²) in [6.45, 7) is 0. The maximum absolute atomic E-state index is 4.08. The molecule has 0 aliphatic rings. The van der Waals surface area contributed by atoms with E-state index in [1.165, 1.54) is 0 Å². The Morgan fingerprint density at radius 2 is 1.33 bits per heavy atom. The van der Waals surface area contributed by atoms with Crippen molar-refractivity contribution in [1.82, 2.24) is 0 Å². The minimum absolute atomic E-state index is 0. The van der Waals surface area contributed by atoms with Gasteiger partial charge in [-0.3, -0.25) is 0 Å². The molecule has 0 aliphatic heterocycles. The monoisotopic (exact) mass is 158 g/mol. The second kappa shape index (κ2) is 7.67. The number of hydrogen-bond acceptors (Lipinski definition) is 1. The van der Waals surface area contributed by atoms with Crippen molar-refractivity contribution in [2.75, 3.05) is 0 Å². The van der Waals surface area contributed by atoms with Gasteiger partial charge in [0.05, 0.1) is 0 Å². The molecule has 0 unspecified atom stereocenters. The molecule has 0 saturated carbocycles. The van der Waals surface area contributed by atoms with Crippen LogP contribution in [0.15, 0.2) is 35.2 Å². The first-order chi connectivity index (χ1) is 3.39. The Morgan fingerprint density at radius 1 is 0.889 bits per heavy atom. The molecule has 0 atom stereocenters. The Balaban J connectivity index is 0. The molecule has 0 nitrogen and oxygen atoms in total. The molecule has 3 heteroatoms. The van der Waals surface area contributed by atoms with Crippen LogP contribution in [0.25, 0.3) is 0 Å². The van der Waals surface area contributed by atoms with Crippen LogP contribution in [0, 0.1) is 0 Å². The van der Waals surface area contributed by atoms with Crippen LogP contribution < -0.4 is 0 Å². The third-order valence-electron chi connectivity index (χ3n) is 0.756. The van der Waals surface area contributed by atoms with Crippen LogP contribution >= 0.6 is 12.6 Å². The summed E-state index contributed by atoms with van der Waals surface area (Å²) >= 11 is 4.08. The summed E-state index contributed by atoms with van der Waals surface area (Å²) in [4.78, 5) is 1.02. The SMILES string of the molecule is Sc1ccccc1.[NaH].[NaH]. The number of benzene rings is 1. The van der Waals surface area contributed by atoms with Crippen molar-refractivity contribution in [1.29, 1.82) is 0 Å². The maximum atomic E-state index is 4.08. The van der Waals surface area contributed by atoms with E-state index in [9.17, 15) is 0 Å². The minimum atomic E-state index is 0. The van der Waals surface area contributed by atoms with E-state index < -0.39 is 0 Å². The molecule has 1 aromatic carbocycles. The third kappa shape index (κ3) is 5.99. The molecule has 0 bridgehead atoms. The quantitative estimate of drug-likeness (QED) is 0.416. The topological polar surface area (TPSA) is 0 Å². The molecule has 0 aliphatic carbocycles. The predicted octanol–water partition coefficient (Wildman–Crippen LogP) is 0.678. The zero-order chi connectivity index (χ0) is 5.11. The van der Waals surface area contributed by atoms with Gasteiger partial charge in [0, 0.05) is 4.90 Å². The summed E-state index contributed by atoms with van der Waals surface area (Å²) in [5, 5.41) is 0. The van der Waals surface area contributed by atoms with Crippen molar-refractivity contribution < 1.29 is 0 Å². The summed E-state index contributed by atoms with van der Waals surface area (Å²) in [5.41, 5.74) is 0. The molecule has 9 heavy (non-hydrogen) atoms. The summed E-state index contributed by atoms with van der Waals surface area (Å²) in [6, 6.07) is 9.79. The molecule has 0 amide bonds. The van der Waals surface area contributed by atoms with Gasteiger partial charge in [0.25, 0.3) is 0 Å². The van der Waals surface area contributed by atoms with E-state index >= 15 is 0 Å². The molecule has 0 heterocycles. The first kappa shape index (κ1) is 13.2. The fraction of sp³-hybridized carbons (Fsp3) is 0. The summed E-state index contributed by atoms with van der Waals surface area (Å²) in [6.07, 6.45) is 0. The Hall–Kier alpha value is 1.57. The number of hydrogen-bond donors (Lipinski definition) is 1. The molecule has 1 aromatic rings. The molecular formula is C6H8Na2S. The van der Waals surface area contributed by atoms with Gasteiger partial charge in [-0.05, 0) is 12.1 Å². The van der Waals surface area contributed by atoms with Crippen LogP contribution in [0.4, 0.5) is 0 Å². The van der Waals surface area contributed by atoms with Crippen molar-refractivity contribution >= 4 is 71.7 Å². The summed E-state index contributed by atoms with van der Waals surface area (Å²) in [7, 11) is 0. The molecule has 1 rings (SSSR count). The second-order valence-electron chi connectivity index (χ2n) is 1.34. The van der Waals surface area contributed by atoms with E-state index in [-0.39, 0.29) is 59.1 Å². The number of rotatable bonds is 0. The number of thiol groups is 1. The van der Waals surface area contributed by atoms with Crippen LogP contribution in [0.5, 0.6) is 0 Å². The molecule has 0 saturated heterocycles. The van der Waals surface area contributed by atoms with E-state index in [0.717, 1.165) is 4.90 Å². The van der Waals surface area contributed by atoms with Crippen LogP contribution in [0.2, 0.25) is 0 Å². The Kier molecular flexibility index (Phi) is 11.2. The van der Waals surface area contributed by atoms with E-state index in [1.54, 1.807) is 0 Å². The van der Waals surface area contributed by atoms with Crippen LogP contribution in [-0.2, 0) is 0 Å². The van der Waals surface area contributed by atoms with Gasteiger partial charge in [0.2, 0.25) is 0 Å². The van der Waals surface area contributed by atoms with Crippen molar-refractivity contribution in [3.63, 3.8) is 0 Å². The molecular weight excluding hydrogens is 150 g/mol. The molecule has 0 radical (unpaired) electrons. The van der Waals surface area contributed by atoms with Gasteiger partial charge in [-0.1, -0.05) is 18.2 Å². The summed E-state index contributed by atoms with van der Waals surface area (Å²) < 4.78 is 0. The van der Waals surface area contributed by atoms with Gasteiger partial charge >= 0.3 is 59.1 Å². The van der Waals surface area contributed by atoms with E-state index in [4.69, 9.17) is 0 Å². The zero-order valence-electron chi connectivity index (χ0n) is 3.83. The van der Waals surface area contributed by atoms with Gasteiger partial charge in [0.15, 0.2) is 0 Å². The summed E-state index contributed by atoms with van der Waals surface area (Å²) in [5.74, 6) is 0. The fourth-order valence-electron chi connectivity index (χ4n) is 0.428. The van der Waals surface area contributed by atoms with Crippen molar-refractivity contribution in [2.45, 2.75) is 4.90 Å². The first-order valence-electron chi connectivity index (χ1n) is 2.13. The molecule has 0 N–H and O–H groups in total. The van der Waals surface area contributed by atoms with Gasteiger partial charge in [0.1, 0.15) is 0 Å². The van der Waals surface area contributed by atoms with E-state index in [1.807, 2.05) is 30.3 Å². The van der Waals surface area contributed by atoms with Gasteiger partial charge in [-0.15, -0.1) is 12.6 Å². The van der Waals surface area contributed by atoms with Crippen molar-refractivity contribution in [3.8, 4) is 0 Å². The average molecular weight is 158 g/mol. The van der Waals surface area contributed by atoms with Crippen LogP contribution in [-0.4, -0.2) is 59.1 Å². The predicted molar refractivity (Wildman–Crippen MR) is 48.0 cm³/mol. The average Bonchev–Trinajstić information content (AvgIpc) is 1.69. The second-order valence-corrected chi connectivity index (χ2v) is 1.85. The van der Waals surface area contributed by atoms with Gasteiger partial charge in [-0.25, -0.2) is 0 Å². The van der Waals surface area contributed by atoms with Crippen molar-refractivity contribution in [3.05, 3.63) is 30.3 Å². The molecule has 0 aromatic heterocycles. The van der Waals surface area contributed by atoms with E-state index in [2.05, 4.69) is 12.6 Å². The van der Waals surface area contributed by atoms with Gasteiger partial charge in [-0.2, -0.15) is 0 Å². The standard InChI is InChI=1S/C6H6S.2Na.2H/c7-6-4-2-1-3-5-6;;;;/h1-5,7H;;;;. The van der Waals surface area contributed by atoms with Gasteiger partial charge < -0.3 is 0 Å².